The van der Waals surface area contributed by atoms with E-state index in [0.717, 1.165) is 6.07 Å². The van der Waals surface area contributed by atoms with Crippen LogP contribution in [0.5, 0.6) is 0 Å². The first-order valence-corrected chi connectivity index (χ1v) is 8.26. The van der Waals surface area contributed by atoms with Crippen LogP contribution in [0.15, 0.2) is 30.3 Å². The predicted molar refractivity (Wildman–Crippen MR) is 97.4 cm³/mol. The van der Waals surface area contributed by atoms with Crippen molar-refractivity contribution in [1.82, 2.24) is 5.48 Å². The second-order valence-corrected chi connectivity index (χ2v) is 5.07. The minimum Gasteiger partial charge on any atom is -0.394 e. The molecule has 0 aliphatic carbocycles. The smallest absolute Gasteiger partial charge is 0.277 e. The van der Waals surface area contributed by atoms with Gasteiger partial charge in [-0.25, -0.2) is 14.3 Å². The van der Waals surface area contributed by atoms with Crippen molar-refractivity contribution in [1.29, 1.82) is 5.26 Å². The molecule has 6 nitrogen and oxygen atoms in total. The van der Waals surface area contributed by atoms with Crippen LogP contribution in [0.2, 0.25) is 0 Å². The number of halogens is 2. The topological polar surface area (TPSA) is 94.4 Å². The lowest BCUT2D eigenvalue weighted by molar-refractivity contribution is 0.0168. The van der Waals surface area contributed by atoms with Crippen molar-refractivity contribution in [3.05, 3.63) is 58.7 Å². The summed E-state index contributed by atoms with van der Waals surface area (Å²) in [5.41, 5.74) is 1.81. The standard InChI is InChI=1S/C17H15F2N3O3.C2H6/c1-10-2-5-14(13(18)8-10)21-16-12(17(24)22-25-7-6-23)4-3-11(9-20)15(16)19;1-2/h2-5,8,21,23H,6-7H2,1H3,(H,22,24);1-2H3. The van der Waals surface area contributed by atoms with Gasteiger partial charge in [-0.3, -0.25) is 9.63 Å². The third-order valence-corrected chi connectivity index (χ3v) is 3.25. The number of aliphatic hydroxyl groups is 1. The van der Waals surface area contributed by atoms with E-state index in [-0.39, 0.29) is 35.7 Å². The molecule has 0 fully saturated rings. The third-order valence-electron chi connectivity index (χ3n) is 3.25. The first kappa shape index (κ1) is 22.0. The first-order chi connectivity index (χ1) is 13.0. The lowest BCUT2D eigenvalue weighted by Crippen LogP contribution is -2.26. The number of anilines is 2. The highest BCUT2D eigenvalue weighted by Gasteiger charge is 2.20. The maximum Gasteiger partial charge on any atom is 0.277 e. The van der Waals surface area contributed by atoms with Gasteiger partial charge in [-0.15, -0.1) is 0 Å². The fraction of sp³-hybridized carbons (Fsp3) is 0.263. The Morgan fingerprint density at radius 1 is 1.26 bits per heavy atom. The van der Waals surface area contributed by atoms with E-state index in [0.29, 0.717) is 5.56 Å². The molecule has 0 spiro atoms. The third kappa shape index (κ3) is 5.74. The molecule has 8 heteroatoms. The fourth-order valence-electron chi connectivity index (χ4n) is 2.05. The van der Waals surface area contributed by atoms with Crippen LogP contribution in [0.4, 0.5) is 20.2 Å². The normalized spacial score (nSPS) is 9.67. The lowest BCUT2D eigenvalue weighted by atomic mass is 10.1. The summed E-state index contributed by atoms with van der Waals surface area (Å²) in [5.74, 6) is -2.44. The number of rotatable bonds is 6. The van der Waals surface area contributed by atoms with Gasteiger partial charge in [-0.05, 0) is 36.8 Å². The van der Waals surface area contributed by atoms with E-state index in [1.54, 1.807) is 19.1 Å². The molecule has 144 valence electrons. The Hall–Kier alpha value is -3.02. The zero-order valence-corrected chi connectivity index (χ0v) is 15.3. The Morgan fingerprint density at radius 3 is 2.56 bits per heavy atom. The van der Waals surface area contributed by atoms with Gasteiger partial charge in [0.25, 0.3) is 5.91 Å². The number of hydroxylamine groups is 1. The number of carbonyl (C=O) groups is 1. The number of benzene rings is 2. The number of nitriles is 1. The zero-order chi connectivity index (χ0) is 20.4. The molecule has 0 atom stereocenters. The van der Waals surface area contributed by atoms with Crippen molar-refractivity contribution in [3.63, 3.8) is 0 Å². The van der Waals surface area contributed by atoms with Crippen molar-refractivity contribution in [3.8, 4) is 6.07 Å². The van der Waals surface area contributed by atoms with Gasteiger partial charge in [0.15, 0.2) is 5.82 Å². The van der Waals surface area contributed by atoms with E-state index in [4.69, 9.17) is 15.2 Å². The number of nitrogens with zero attached hydrogens (tertiary/aromatic N) is 1. The quantitative estimate of drug-likeness (QED) is 0.528. The van der Waals surface area contributed by atoms with Crippen LogP contribution >= 0.6 is 0 Å². The Kier molecular flexibility index (Phi) is 8.85. The number of carbonyl (C=O) groups excluding carboxylic acids is 1. The molecule has 2 aromatic rings. The summed E-state index contributed by atoms with van der Waals surface area (Å²) in [4.78, 5) is 16.8. The van der Waals surface area contributed by atoms with Gasteiger partial charge >= 0.3 is 0 Å². The lowest BCUT2D eigenvalue weighted by Gasteiger charge is -2.14. The largest absolute Gasteiger partial charge is 0.394 e. The van der Waals surface area contributed by atoms with Crippen LogP contribution in [0.3, 0.4) is 0 Å². The highest BCUT2D eigenvalue weighted by molar-refractivity contribution is 6.00. The maximum atomic E-state index is 14.5. The summed E-state index contributed by atoms with van der Waals surface area (Å²) >= 11 is 0. The first-order valence-electron chi connectivity index (χ1n) is 8.26. The monoisotopic (exact) mass is 377 g/mol. The molecule has 0 aromatic heterocycles. The van der Waals surface area contributed by atoms with Crippen LogP contribution in [0.1, 0.15) is 35.3 Å². The summed E-state index contributed by atoms with van der Waals surface area (Å²) in [5, 5.41) is 20.1. The molecule has 2 rings (SSSR count). The van der Waals surface area contributed by atoms with E-state index in [1.807, 2.05) is 19.3 Å². The van der Waals surface area contributed by atoms with Crippen molar-refractivity contribution >= 4 is 17.3 Å². The molecule has 0 saturated heterocycles. The summed E-state index contributed by atoms with van der Waals surface area (Å²) in [6.07, 6.45) is 0. The average Bonchev–Trinajstić information content (AvgIpc) is 2.67. The van der Waals surface area contributed by atoms with E-state index in [1.165, 1.54) is 18.2 Å². The number of nitrogens with one attached hydrogen (secondary N) is 2. The van der Waals surface area contributed by atoms with Gasteiger partial charge in [0.1, 0.15) is 11.9 Å². The Labute approximate surface area is 156 Å². The molecular weight excluding hydrogens is 356 g/mol. The van der Waals surface area contributed by atoms with Crippen molar-refractivity contribution < 1.29 is 23.5 Å². The Balaban J connectivity index is 0.00000176. The summed E-state index contributed by atoms with van der Waals surface area (Å²) in [6, 6.07) is 8.26. The summed E-state index contributed by atoms with van der Waals surface area (Å²) in [7, 11) is 0. The summed E-state index contributed by atoms with van der Waals surface area (Å²) < 4.78 is 28.5. The molecule has 3 N–H and O–H groups in total. The van der Waals surface area contributed by atoms with Gasteiger partial charge in [-0.2, -0.15) is 5.26 Å². The van der Waals surface area contributed by atoms with Crippen molar-refractivity contribution in [2.45, 2.75) is 20.8 Å². The second-order valence-electron chi connectivity index (χ2n) is 5.07. The van der Waals surface area contributed by atoms with Crippen LogP contribution < -0.4 is 10.8 Å². The van der Waals surface area contributed by atoms with E-state index in [9.17, 15) is 13.6 Å². The molecule has 0 bridgehead atoms. The number of hydrogen-bond donors (Lipinski definition) is 3. The van der Waals surface area contributed by atoms with Gasteiger partial charge in [0, 0.05) is 0 Å². The summed E-state index contributed by atoms with van der Waals surface area (Å²) in [6.45, 7) is 5.22. The van der Waals surface area contributed by atoms with E-state index in [2.05, 4.69) is 5.32 Å². The molecule has 27 heavy (non-hydrogen) atoms. The Bertz CT molecular complexity index is 836. The molecule has 0 aliphatic rings. The number of aryl methyl sites for hydroxylation is 1. The molecule has 0 unspecified atom stereocenters. The van der Waals surface area contributed by atoms with Crippen molar-refractivity contribution in [2.75, 3.05) is 18.5 Å². The predicted octanol–water partition coefficient (Wildman–Crippen LogP) is 3.57. The average molecular weight is 377 g/mol. The molecule has 0 radical (unpaired) electrons. The Morgan fingerprint density at radius 2 is 1.96 bits per heavy atom. The molecule has 1 amide bonds. The zero-order valence-electron chi connectivity index (χ0n) is 15.3. The van der Waals surface area contributed by atoms with Crippen LogP contribution in [-0.2, 0) is 4.84 Å². The molecule has 0 aliphatic heterocycles. The second kappa shape index (κ2) is 10.9. The van der Waals surface area contributed by atoms with Crippen LogP contribution in [-0.4, -0.2) is 24.2 Å². The molecular formula is C19H21F2N3O3. The minimum absolute atomic E-state index is 0.0510. The minimum atomic E-state index is -0.989. The molecule has 0 saturated carbocycles. The van der Waals surface area contributed by atoms with Gasteiger partial charge in [0.2, 0.25) is 0 Å². The molecule has 0 heterocycles. The van der Waals surface area contributed by atoms with E-state index >= 15 is 0 Å². The SMILES string of the molecule is CC.Cc1ccc(Nc2c(C(=O)NOCCO)ccc(C#N)c2F)c(F)c1. The van der Waals surface area contributed by atoms with Gasteiger partial charge in [0.05, 0.1) is 35.7 Å². The van der Waals surface area contributed by atoms with Crippen LogP contribution in [0.25, 0.3) is 0 Å². The van der Waals surface area contributed by atoms with Gasteiger partial charge < -0.3 is 10.4 Å². The molecule has 2 aromatic carbocycles. The number of hydrogen-bond acceptors (Lipinski definition) is 5. The van der Waals surface area contributed by atoms with Crippen molar-refractivity contribution in [2.24, 2.45) is 0 Å². The van der Waals surface area contributed by atoms with Gasteiger partial charge in [-0.1, -0.05) is 19.9 Å². The fourth-order valence-corrected chi connectivity index (χ4v) is 2.05. The number of aliphatic hydroxyl groups excluding tert-OH is 1. The highest BCUT2D eigenvalue weighted by Crippen LogP contribution is 2.28. The van der Waals surface area contributed by atoms with Crippen LogP contribution in [0, 0.1) is 29.9 Å². The number of amides is 1. The maximum absolute atomic E-state index is 14.5. The highest BCUT2D eigenvalue weighted by atomic mass is 19.1. The van der Waals surface area contributed by atoms with E-state index < -0.39 is 17.5 Å².